The second-order valence-corrected chi connectivity index (χ2v) is 7.42. The smallest absolute Gasteiger partial charge is 0.256 e. The van der Waals surface area contributed by atoms with Crippen LogP contribution in [0.25, 0.3) is 22.0 Å². The number of carbonyl (C=O) groups excluding carboxylic acids is 1. The number of nitrogens with zero attached hydrogens (tertiary/aromatic N) is 2. The van der Waals surface area contributed by atoms with Crippen molar-refractivity contribution in [2.45, 2.75) is 12.8 Å². The van der Waals surface area contributed by atoms with E-state index in [1.165, 1.54) is 0 Å². The lowest BCUT2D eigenvalue weighted by molar-refractivity contribution is 0.0794. The molecular weight excluding hydrogens is 403 g/mol. The SMILES string of the molecule is Cn1cc(C(=O)N2CCCC2)c2ccc(-c3cc(Cl)cc(Cl)c3)cc21.O=S. The van der Waals surface area contributed by atoms with Crippen LogP contribution < -0.4 is 0 Å². The topological polar surface area (TPSA) is 42.3 Å². The molecule has 1 aromatic heterocycles. The molecule has 140 valence electrons. The number of carbonyl (C=O) groups is 1. The first-order valence-corrected chi connectivity index (χ1v) is 9.63. The second kappa shape index (κ2) is 8.38. The molecule has 4 nitrogen and oxygen atoms in total. The predicted octanol–water partition coefficient (Wildman–Crippen LogP) is 5.05. The van der Waals surface area contributed by atoms with Crippen LogP contribution in [0.5, 0.6) is 0 Å². The van der Waals surface area contributed by atoms with Gasteiger partial charge in [-0.2, -0.15) is 4.21 Å². The minimum absolute atomic E-state index is 0.127. The zero-order valence-electron chi connectivity index (χ0n) is 14.7. The Hall–Kier alpha value is -1.95. The van der Waals surface area contributed by atoms with Crippen LogP contribution in [0.3, 0.4) is 0 Å². The van der Waals surface area contributed by atoms with Crippen LogP contribution in [0.4, 0.5) is 0 Å². The molecule has 4 rings (SSSR count). The van der Waals surface area contributed by atoms with Crippen molar-refractivity contribution in [1.82, 2.24) is 9.47 Å². The molecule has 1 amide bonds. The molecule has 1 aliphatic heterocycles. The number of rotatable bonds is 2. The number of fused-ring (bicyclic) bond motifs is 1. The van der Waals surface area contributed by atoms with Gasteiger partial charge in [-0.25, -0.2) is 0 Å². The minimum Gasteiger partial charge on any atom is -0.350 e. The molecule has 2 aromatic carbocycles. The van der Waals surface area contributed by atoms with Gasteiger partial charge in [-0.1, -0.05) is 35.3 Å². The lowest BCUT2D eigenvalue weighted by atomic mass is 10.0. The van der Waals surface area contributed by atoms with Gasteiger partial charge >= 0.3 is 0 Å². The molecule has 0 spiro atoms. The molecule has 0 aliphatic carbocycles. The third-order valence-electron chi connectivity index (χ3n) is 4.81. The first-order chi connectivity index (χ1) is 13.0. The van der Waals surface area contributed by atoms with Gasteiger partial charge in [-0.3, -0.25) is 4.79 Å². The molecule has 1 fully saturated rings. The highest BCUT2D eigenvalue weighted by molar-refractivity contribution is 7.44. The number of amides is 1. The van der Waals surface area contributed by atoms with E-state index in [-0.39, 0.29) is 5.91 Å². The van der Waals surface area contributed by atoms with Crippen molar-refractivity contribution in [2.24, 2.45) is 7.05 Å². The van der Waals surface area contributed by atoms with E-state index in [1.807, 2.05) is 47.0 Å². The molecule has 0 bridgehead atoms. The van der Waals surface area contributed by atoms with Crippen molar-refractivity contribution >= 4 is 52.5 Å². The zero-order valence-corrected chi connectivity index (χ0v) is 17.1. The molecule has 0 unspecified atom stereocenters. The highest BCUT2D eigenvalue weighted by atomic mass is 35.5. The molecule has 3 aromatic rings. The van der Waals surface area contributed by atoms with Gasteiger partial charge < -0.3 is 9.47 Å². The summed E-state index contributed by atoms with van der Waals surface area (Å²) in [6.45, 7) is 1.71. The summed E-state index contributed by atoms with van der Waals surface area (Å²) in [7, 11) is 1.97. The van der Waals surface area contributed by atoms with E-state index in [1.54, 1.807) is 6.07 Å². The molecule has 1 aliphatic rings. The number of hydrogen-bond donors (Lipinski definition) is 0. The Kier molecular flexibility index (Phi) is 6.15. The first kappa shape index (κ1) is 19.8. The Labute approximate surface area is 173 Å². The second-order valence-electron chi connectivity index (χ2n) is 6.54. The quantitative estimate of drug-likeness (QED) is 0.582. The van der Waals surface area contributed by atoms with Crippen molar-refractivity contribution in [1.29, 1.82) is 0 Å². The van der Waals surface area contributed by atoms with E-state index in [9.17, 15) is 4.79 Å². The van der Waals surface area contributed by atoms with Crippen molar-refractivity contribution in [3.8, 4) is 11.1 Å². The Balaban J connectivity index is 0.00000102. The van der Waals surface area contributed by atoms with Crippen LogP contribution >= 0.6 is 23.2 Å². The zero-order chi connectivity index (χ0) is 19.6. The molecule has 0 radical (unpaired) electrons. The third-order valence-corrected chi connectivity index (χ3v) is 5.25. The summed E-state index contributed by atoms with van der Waals surface area (Å²) in [5, 5.41) is 2.20. The van der Waals surface area contributed by atoms with E-state index in [4.69, 9.17) is 27.4 Å². The Morgan fingerprint density at radius 3 is 2.22 bits per heavy atom. The molecule has 0 N–H and O–H groups in total. The molecule has 7 heteroatoms. The summed E-state index contributed by atoms with van der Waals surface area (Å²) >= 11 is 15.1. The maximum atomic E-state index is 12.8. The molecule has 2 heterocycles. The third kappa shape index (κ3) is 4.00. The lowest BCUT2D eigenvalue weighted by Crippen LogP contribution is -2.27. The van der Waals surface area contributed by atoms with Crippen molar-refractivity contribution in [3.63, 3.8) is 0 Å². The van der Waals surface area contributed by atoms with Crippen LogP contribution in [-0.4, -0.2) is 32.7 Å². The summed E-state index contributed by atoms with van der Waals surface area (Å²) in [5.74, 6) is 0.127. The number of hydrogen-bond acceptors (Lipinski definition) is 3. The number of benzene rings is 2. The van der Waals surface area contributed by atoms with Gasteiger partial charge in [0.15, 0.2) is 12.5 Å². The summed E-state index contributed by atoms with van der Waals surface area (Å²) in [5.41, 5.74) is 3.79. The van der Waals surface area contributed by atoms with E-state index in [0.29, 0.717) is 10.0 Å². The number of aromatic nitrogens is 1. The van der Waals surface area contributed by atoms with Gasteiger partial charge in [0.1, 0.15) is 0 Å². The molecular formula is C20H18Cl2N2O2S. The molecule has 0 saturated carbocycles. The average Bonchev–Trinajstić information content (AvgIpc) is 3.30. The van der Waals surface area contributed by atoms with Gasteiger partial charge in [-0.15, -0.1) is 0 Å². The lowest BCUT2D eigenvalue weighted by Gasteiger charge is -2.14. The van der Waals surface area contributed by atoms with Gasteiger partial charge in [0.05, 0.1) is 5.56 Å². The summed E-state index contributed by atoms with van der Waals surface area (Å²) in [6.07, 6.45) is 4.12. The highest BCUT2D eigenvalue weighted by Gasteiger charge is 2.23. The maximum Gasteiger partial charge on any atom is 0.256 e. The van der Waals surface area contributed by atoms with Crippen LogP contribution in [0, 0.1) is 0 Å². The molecule has 27 heavy (non-hydrogen) atoms. The Morgan fingerprint density at radius 1 is 0.963 bits per heavy atom. The monoisotopic (exact) mass is 420 g/mol. The predicted molar refractivity (Wildman–Crippen MR) is 112 cm³/mol. The Morgan fingerprint density at radius 2 is 1.59 bits per heavy atom. The molecule has 0 atom stereocenters. The summed E-state index contributed by atoms with van der Waals surface area (Å²) in [6, 6.07) is 11.6. The fraction of sp³-hybridized carbons (Fsp3) is 0.250. The first-order valence-electron chi connectivity index (χ1n) is 8.54. The van der Waals surface area contributed by atoms with E-state index >= 15 is 0 Å². The van der Waals surface area contributed by atoms with Crippen LogP contribution in [-0.2, 0) is 19.6 Å². The van der Waals surface area contributed by atoms with Crippen molar-refractivity contribution < 1.29 is 9.00 Å². The van der Waals surface area contributed by atoms with E-state index < -0.39 is 0 Å². The standard InChI is InChI=1S/C20H18Cl2N2O.OS/c1-23-12-18(20(25)24-6-2-3-7-24)17-5-4-13(10-19(17)23)14-8-15(21)11-16(22)9-14;1-2/h4-5,8-12H,2-3,6-7H2,1H3;. The van der Waals surface area contributed by atoms with Gasteiger partial charge in [0, 0.05) is 47.3 Å². The maximum absolute atomic E-state index is 12.8. The van der Waals surface area contributed by atoms with Crippen molar-refractivity contribution in [3.05, 3.63) is 58.2 Å². The van der Waals surface area contributed by atoms with Crippen LogP contribution in [0.15, 0.2) is 42.6 Å². The number of halogens is 2. The van der Waals surface area contributed by atoms with Gasteiger partial charge in [0.2, 0.25) is 0 Å². The minimum atomic E-state index is 0.127. The number of aryl methyl sites for hydroxylation is 1. The highest BCUT2D eigenvalue weighted by Crippen LogP contribution is 2.31. The fourth-order valence-electron chi connectivity index (χ4n) is 3.54. The number of likely N-dealkylation sites (tertiary alicyclic amines) is 1. The van der Waals surface area contributed by atoms with Crippen molar-refractivity contribution in [2.75, 3.05) is 13.1 Å². The average molecular weight is 421 g/mol. The Bertz CT molecular complexity index is 977. The van der Waals surface area contributed by atoms with Gasteiger partial charge in [0.25, 0.3) is 5.91 Å². The fourth-order valence-corrected chi connectivity index (χ4v) is 4.07. The van der Waals surface area contributed by atoms with Gasteiger partial charge in [-0.05, 0) is 48.2 Å². The largest absolute Gasteiger partial charge is 0.350 e. The summed E-state index contributed by atoms with van der Waals surface area (Å²) < 4.78 is 9.84. The summed E-state index contributed by atoms with van der Waals surface area (Å²) in [4.78, 5) is 14.7. The van der Waals surface area contributed by atoms with E-state index in [2.05, 4.69) is 18.6 Å². The molecule has 1 saturated heterocycles. The normalized spacial score (nSPS) is 13.5. The van der Waals surface area contributed by atoms with E-state index in [0.717, 1.165) is 53.5 Å². The van der Waals surface area contributed by atoms with Crippen LogP contribution in [0.2, 0.25) is 10.0 Å². The van der Waals surface area contributed by atoms with Crippen LogP contribution in [0.1, 0.15) is 23.2 Å².